The van der Waals surface area contributed by atoms with Crippen LogP contribution in [0.4, 0.5) is 5.13 Å². The van der Waals surface area contributed by atoms with Crippen LogP contribution in [0.15, 0.2) is 51.3 Å². The summed E-state index contributed by atoms with van der Waals surface area (Å²) in [7, 11) is 1.60. The highest BCUT2D eigenvalue weighted by atomic mass is 32.2. The molecule has 1 aliphatic carbocycles. The predicted octanol–water partition coefficient (Wildman–Crippen LogP) is 4.99. The summed E-state index contributed by atoms with van der Waals surface area (Å²) in [4.78, 5) is 15.3. The van der Waals surface area contributed by atoms with Crippen molar-refractivity contribution >= 4 is 34.0 Å². The van der Waals surface area contributed by atoms with E-state index in [4.69, 9.17) is 10.5 Å². The first-order chi connectivity index (χ1) is 15.6. The summed E-state index contributed by atoms with van der Waals surface area (Å²) >= 11 is 3.05. The van der Waals surface area contributed by atoms with Gasteiger partial charge in [0.05, 0.1) is 24.7 Å². The predicted molar refractivity (Wildman–Crippen MR) is 131 cm³/mol. The van der Waals surface area contributed by atoms with Crippen molar-refractivity contribution in [2.24, 2.45) is 11.1 Å². The molecule has 2 aliphatic rings. The maximum Gasteiger partial charge on any atom is 0.219 e. The van der Waals surface area contributed by atoms with E-state index in [1.54, 1.807) is 23.8 Å². The largest absolute Gasteiger partial charge is 0.497 e. The van der Waals surface area contributed by atoms with Crippen LogP contribution in [-0.4, -0.2) is 28.3 Å². The van der Waals surface area contributed by atoms with Crippen LogP contribution in [-0.2, 0) is 4.79 Å². The van der Waals surface area contributed by atoms with Gasteiger partial charge in [-0.05, 0) is 29.5 Å². The molecule has 0 saturated carbocycles. The van der Waals surface area contributed by atoms with Crippen LogP contribution in [0.1, 0.15) is 52.0 Å². The van der Waals surface area contributed by atoms with E-state index in [1.165, 1.54) is 11.3 Å². The Morgan fingerprint density at radius 2 is 1.97 bits per heavy atom. The Morgan fingerprint density at radius 3 is 2.58 bits per heavy atom. The molecule has 2 aromatic rings. The molecule has 0 fully saturated rings. The van der Waals surface area contributed by atoms with Crippen LogP contribution < -0.4 is 15.4 Å². The van der Waals surface area contributed by atoms with E-state index in [-0.39, 0.29) is 11.2 Å². The van der Waals surface area contributed by atoms with Crippen molar-refractivity contribution < 1.29 is 9.53 Å². The number of carbonyl (C=O) groups is 1. The number of benzene rings is 1. The third-order valence-corrected chi connectivity index (χ3v) is 7.75. The molecule has 1 atom stereocenters. The van der Waals surface area contributed by atoms with E-state index in [1.807, 2.05) is 24.3 Å². The monoisotopic (exact) mass is 481 g/mol. The number of rotatable bonds is 5. The number of thioether (sulfide) groups is 1. The van der Waals surface area contributed by atoms with E-state index in [2.05, 4.69) is 44.0 Å². The second-order valence-corrected chi connectivity index (χ2v) is 12.1. The number of carbonyl (C=O) groups excluding carboxylic acids is 1. The number of anilines is 1. The molecule has 0 radical (unpaired) electrons. The van der Waals surface area contributed by atoms with Crippen LogP contribution in [0.5, 0.6) is 5.75 Å². The molecule has 2 N–H and O–H groups in total. The molecule has 1 unspecified atom stereocenters. The summed E-state index contributed by atoms with van der Waals surface area (Å²) in [5.74, 6) is 0.530. The molecule has 33 heavy (non-hydrogen) atoms. The summed E-state index contributed by atoms with van der Waals surface area (Å²) in [6.07, 6.45) is 1.06. The van der Waals surface area contributed by atoms with Crippen molar-refractivity contribution in [1.82, 2.24) is 10.2 Å². The number of nitrogens with zero attached hydrogens (tertiary/aromatic N) is 4. The fourth-order valence-corrected chi connectivity index (χ4v) is 6.50. The van der Waals surface area contributed by atoms with Crippen molar-refractivity contribution in [2.45, 2.75) is 56.0 Å². The van der Waals surface area contributed by atoms with Gasteiger partial charge < -0.3 is 10.5 Å². The SMILES string of the molecule is COc1ccc(C2C(C#N)=C(N)N(c3nnc(SC(C)C)s3)C3=C2C(=O)CC(C)(C)C3)cc1. The third-order valence-electron chi connectivity index (χ3n) is 5.75. The molecule has 9 heteroatoms. The summed E-state index contributed by atoms with van der Waals surface area (Å²) < 4.78 is 6.11. The number of hydrogen-bond acceptors (Lipinski definition) is 9. The third kappa shape index (κ3) is 4.37. The maximum atomic E-state index is 13.5. The quantitative estimate of drug-likeness (QED) is 0.596. The lowest BCUT2D eigenvalue weighted by Gasteiger charge is -2.42. The van der Waals surface area contributed by atoms with E-state index < -0.39 is 5.92 Å². The van der Waals surface area contributed by atoms with Crippen LogP contribution in [0.25, 0.3) is 0 Å². The molecular formula is C24H27N5O2S2. The molecule has 2 heterocycles. The highest BCUT2D eigenvalue weighted by Gasteiger charge is 2.45. The number of nitriles is 1. The molecule has 0 amide bonds. The van der Waals surface area contributed by atoms with Crippen molar-refractivity contribution in [3.05, 3.63) is 52.5 Å². The Hall–Kier alpha value is -2.83. The zero-order valence-electron chi connectivity index (χ0n) is 19.4. The maximum absolute atomic E-state index is 13.5. The molecule has 4 rings (SSSR count). The van der Waals surface area contributed by atoms with Gasteiger partial charge in [-0.3, -0.25) is 9.69 Å². The molecule has 1 aliphatic heterocycles. The second kappa shape index (κ2) is 8.84. The summed E-state index contributed by atoms with van der Waals surface area (Å²) in [5.41, 5.74) is 9.03. The summed E-state index contributed by atoms with van der Waals surface area (Å²) in [5, 5.41) is 19.8. The number of allylic oxidation sites excluding steroid dienone is 3. The number of ether oxygens (including phenoxy) is 1. The average molecular weight is 482 g/mol. The first-order valence-corrected chi connectivity index (χ1v) is 12.4. The molecule has 1 aromatic carbocycles. The second-order valence-electron chi connectivity index (χ2n) is 9.27. The van der Waals surface area contributed by atoms with Gasteiger partial charge in [0.2, 0.25) is 5.13 Å². The normalized spacial score (nSPS) is 20.2. The van der Waals surface area contributed by atoms with Gasteiger partial charge >= 0.3 is 0 Å². The topological polar surface area (TPSA) is 105 Å². The van der Waals surface area contributed by atoms with E-state index in [9.17, 15) is 10.1 Å². The van der Waals surface area contributed by atoms with Gasteiger partial charge in [0.15, 0.2) is 10.1 Å². The van der Waals surface area contributed by atoms with Crippen molar-refractivity contribution in [3.8, 4) is 11.8 Å². The number of methoxy groups -OCH3 is 1. The zero-order chi connectivity index (χ0) is 23.9. The van der Waals surface area contributed by atoms with Gasteiger partial charge in [-0.1, -0.05) is 62.9 Å². The minimum absolute atomic E-state index is 0.0358. The molecule has 7 nitrogen and oxygen atoms in total. The Morgan fingerprint density at radius 1 is 1.27 bits per heavy atom. The van der Waals surface area contributed by atoms with Gasteiger partial charge in [0.25, 0.3) is 0 Å². The van der Waals surface area contributed by atoms with E-state index >= 15 is 0 Å². The number of aromatic nitrogens is 2. The average Bonchev–Trinajstić information content (AvgIpc) is 3.19. The lowest BCUT2D eigenvalue weighted by molar-refractivity contribution is -0.118. The van der Waals surface area contributed by atoms with Gasteiger partial charge in [0.1, 0.15) is 11.6 Å². The Labute approximate surface area is 202 Å². The minimum Gasteiger partial charge on any atom is -0.497 e. The highest BCUT2D eigenvalue weighted by molar-refractivity contribution is 8.01. The molecule has 172 valence electrons. The van der Waals surface area contributed by atoms with Gasteiger partial charge in [0, 0.05) is 22.9 Å². The molecule has 1 aromatic heterocycles. The smallest absolute Gasteiger partial charge is 0.219 e. The molecular weight excluding hydrogens is 454 g/mol. The minimum atomic E-state index is -0.520. The zero-order valence-corrected chi connectivity index (χ0v) is 21.0. The fourth-order valence-electron chi connectivity index (χ4n) is 4.40. The Bertz CT molecular complexity index is 1190. The first-order valence-electron chi connectivity index (χ1n) is 10.8. The number of nitrogens with two attached hydrogens (primary N) is 1. The number of Topliss-reactive ketones (excluding diaryl/α,β-unsaturated/α-hetero) is 1. The van der Waals surface area contributed by atoms with Crippen LogP contribution >= 0.6 is 23.1 Å². The van der Waals surface area contributed by atoms with Gasteiger partial charge in [-0.2, -0.15) is 5.26 Å². The molecule has 0 bridgehead atoms. The van der Waals surface area contributed by atoms with Crippen LogP contribution in [0.2, 0.25) is 0 Å². The van der Waals surface area contributed by atoms with E-state index in [0.717, 1.165) is 15.6 Å². The van der Waals surface area contributed by atoms with Crippen LogP contribution in [0, 0.1) is 16.7 Å². The highest BCUT2D eigenvalue weighted by Crippen LogP contribution is 2.50. The molecule has 0 saturated heterocycles. The van der Waals surface area contributed by atoms with Gasteiger partial charge in [-0.25, -0.2) is 0 Å². The number of ketones is 1. The lowest BCUT2D eigenvalue weighted by Crippen LogP contribution is -2.42. The lowest BCUT2D eigenvalue weighted by atomic mass is 9.68. The van der Waals surface area contributed by atoms with Crippen molar-refractivity contribution in [1.29, 1.82) is 5.26 Å². The number of hydrogen-bond donors (Lipinski definition) is 1. The summed E-state index contributed by atoms with van der Waals surface area (Å²) in [6, 6.07) is 9.75. The van der Waals surface area contributed by atoms with E-state index in [0.29, 0.717) is 45.9 Å². The first kappa shape index (κ1) is 23.3. The Kier molecular flexibility index (Phi) is 6.25. The van der Waals surface area contributed by atoms with Gasteiger partial charge in [-0.15, -0.1) is 10.2 Å². The fraction of sp³-hybridized carbons (Fsp3) is 0.417. The van der Waals surface area contributed by atoms with Crippen molar-refractivity contribution in [3.63, 3.8) is 0 Å². The standard InChI is InChI=1S/C24H27N5O2S2/c1-13(2)32-23-28-27-22(33-23)29-17-10-24(3,4)11-18(30)20(17)19(16(12-25)21(29)26)14-6-8-15(31-5)9-7-14/h6-9,13,19H,10-11,26H2,1-5H3. The Balaban J connectivity index is 1.90. The molecule has 0 spiro atoms. The van der Waals surface area contributed by atoms with Crippen LogP contribution in [0.3, 0.4) is 0 Å². The summed E-state index contributed by atoms with van der Waals surface area (Å²) in [6.45, 7) is 8.35. The van der Waals surface area contributed by atoms with Crippen molar-refractivity contribution in [2.75, 3.05) is 12.0 Å².